The summed E-state index contributed by atoms with van der Waals surface area (Å²) in [6.07, 6.45) is 0.227. The smallest absolute Gasteiger partial charge is 0.465 e. The van der Waals surface area contributed by atoms with Crippen LogP contribution in [0.4, 0.5) is 0 Å². The Bertz CT molecular complexity index is 1920. The van der Waals surface area contributed by atoms with E-state index < -0.39 is 11.8 Å². The molecule has 0 atom stereocenters. The SMILES string of the molecule is CCOc1nc2c(Cc3oc(=O)oc3C)ccc(C(=O)OC)c2n1-c1ccc(-c2ccccc2-c2nnn[nH]2)cc1. The van der Waals surface area contributed by atoms with Crippen LogP contribution in [-0.2, 0) is 11.2 Å². The van der Waals surface area contributed by atoms with Gasteiger partial charge in [-0.3, -0.25) is 4.57 Å². The monoisotopic (exact) mass is 552 g/mol. The van der Waals surface area contributed by atoms with Crippen molar-refractivity contribution in [2.75, 3.05) is 13.7 Å². The topological polar surface area (TPSA) is 151 Å². The van der Waals surface area contributed by atoms with Crippen LogP contribution in [0.5, 0.6) is 6.01 Å². The highest BCUT2D eigenvalue weighted by Gasteiger charge is 2.24. The van der Waals surface area contributed by atoms with Gasteiger partial charge in [-0.05, 0) is 59.2 Å². The summed E-state index contributed by atoms with van der Waals surface area (Å²) in [7, 11) is 1.33. The Labute approximate surface area is 232 Å². The van der Waals surface area contributed by atoms with Crippen molar-refractivity contribution in [2.24, 2.45) is 0 Å². The molecule has 6 rings (SSSR count). The minimum atomic E-state index is -0.776. The van der Waals surface area contributed by atoms with Crippen molar-refractivity contribution in [3.8, 4) is 34.2 Å². The van der Waals surface area contributed by atoms with Gasteiger partial charge >= 0.3 is 17.8 Å². The van der Waals surface area contributed by atoms with Gasteiger partial charge in [0.15, 0.2) is 11.6 Å². The maximum absolute atomic E-state index is 12.9. The summed E-state index contributed by atoms with van der Waals surface area (Å²) >= 11 is 0. The highest BCUT2D eigenvalue weighted by Crippen LogP contribution is 2.35. The van der Waals surface area contributed by atoms with Gasteiger partial charge < -0.3 is 18.3 Å². The minimum absolute atomic E-state index is 0.227. The summed E-state index contributed by atoms with van der Waals surface area (Å²) in [6, 6.07) is 19.3. The average Bonchev–Trinajstić information content (AvgIpc) is 3.73. The Kier molecular flexibility index (Phi) is 6.63. The number of tetrazole rings is 1. The molecule has 41 heavy (non-hydrogen) atoms. The third-order valence-electron chi connectivity index (χ3n) is 6.69. The molecule has 6 aromatic rings. The molecule has 0 aliphatic heterocycles. The number of methoxy groups -OCH3 is 1. The highest BCUT2D eigenvalue weighted by molar-refractivity contribution is 6.04. The van der Waals surface area contributed by atoms with Crippen molar-refractivity contribution < 1.29 is 23.1 Å². The number of ether oxygens (including phenoxy) is 2. The number of esters is 1. The first-order valence-electron chi connectivity index (χ1n) is 12.8. The van der Waals surface area contributed by atoms with Crippen LogP contribution in [0, 0.1) is 6.92 Å². The number of nitrogens with one attached hydrogen (secondary N) is 1. The molecule has 0 saturated heterocycles. The number of benzene rings is 3. The van der Waals surface area contributed by atoms with Gasteiger partial charge in [0, 0.05) is 12.0 Å². The van der Waals surface area contributed by atoms with Crippen LogP contribution in [0.3, 0.4) is 0 Å². The number of H-pyrrole nitrogens is 1. The number of aromatic amines is 1. The number of hydrogen-bond acceptors (Lipinski definition) is 10. The second-order valence-electron chi connectivity index (χ2n) is 9.08. The zero-order chi connectivity index (χ0) is 28.5. The molecule has 0 radical (unpaired) electrons. The molecule has 1 N–H and O–H groups in total. The van der Waals surface area contributed by atoms with E-state index in [9.17, 15) is 9.59 Å². The van der Waals surface area contributed by atoms with Gasteiger partial charge in [0.2, 0.25) is 0 Å². The third-order valence-corrected chi connectivity index (χ3v) is 6.69. The highest BCUT2D eigenvalue weighted by atomic mass is 16.6. The van der Waals surface area contributed by atoms with Crippen molar-refractivity contribution >= 4 is 17.0 Å². The quantitative estimate of drug-likeness (QED) is 0.267. The summed E-state index contributed by atoms with van der Waals surface area (Å²) in [6.45, 7) is 3.86. The number of carbonyl (C=O) groups is 1. The Balaban J connectivity index is 1.51. The van der Waals surface area contributed by atoms with Gasteiger partial charge in [-0.2, -0.15) is 4.98 Å². The number of aryl methyl sites for hydroxylation is 1. The first-order chi connectivity index (χ1) is 20.0. The zero-order valence-corrected chi connectivity index (χ0v) is 22.4. The lowest BCUT2D eigenvalue weighted by molar-refractivity contribution is 0.0602. The number of hydrogen-bond donors (Lipinski definition) is 1. The Hall–Kier alpha value is -5.52. The lowest BCUT2D eigenvalue weighted by atomic mass is 9.99. The number of imidazole rings is 1. The van der Waals surface area contributed by atoms with Crippen LogP contribution in [0.15, 0.2) is 74.3 Å². The number of fused-ring (bicyclic) bond motifs is 1. The van der Waals surface area contributed by atoms with Crippen LogP contribution >= 0.6 is 0 Å². The predicted octanol–water partition coefficient (Wildman–Crippen LogP) is 4.50. The summed E-state index contributed by atoms with van der Waals surface area (Å²) in [4.78, 5) is 29.3. The molecule has 0 unspecified atom stereocenters. The maximum Gasteiger partial charge on any atom is 0.519 e. The lowest BCUT2D eigenvalue weighted by Crippen LogP contribution is -2.07. The molecule has 3 heterocycles. The summed E-state index contributed by atoms with van der Waals surface area (Å²) < 4.78 is 23.1. The fourth-order valence-electron chi connectivity index (χ4n) is 4.81. The number of aromatic nitrogens is 6. The Morgan fingerprint density at radius 3 is 2.46 bits per heavy atom. The molecular weight excluding hydrogens is 528 g/mol. The summed E-state index contributed by atoms with van der Waals surface area (Å²) in [5.41, 5.74) is 5.47. The maximum atomic E-state index is 12.9. The zero-order valence-electron chi connectivity index (χ0n) is 22.4. The molecule has 0 aliphatic rings. The Morgan fingerprint density at radius 1 is 1.02 bits per heavy atom. The molecule has 12 nitrogen and oxygen atoms in total. The molecule has 3 aromatic carbocycles. The molecule has 0 fully saturated rings. The lowest BCUT2D eigenvalue weighted by Gasteiger charge is -2.13. The van der Waals surface area contributed by atoms with Gasteiger partial charge in [0.1, 0.15) is 5.76 Å². The fourth-order valence-corrected chi connectivity index (χ4v) is 4.81. The molecule has 0 amide bonds. The van der Waals surface area contributed by atoms with Crippen LogP contribution in [0.25, 0.3) is 39.2 Å². The summed E-state index contributed by atoms with van der Waals surface area (Å²) in [5.74, 6) is 0.00813. The first kappa shape index (κ1) is 25.7. The second kappa shape index (κ2) is 10.6. The first-order valence-corrected chi connectivity index (χ1v) is 12.8. The van der Waals surface area contributed by atoms with Gasteiger partial charge in [-0.1, -0.05) is 42.5 Å². The molecule has 0 aliphatic carbocycles. The van der Waals surface area contributed by atoms with E-state index in [1.807, 2.05) is 55.5 Å². The predicted molar refractivity (Wildman–Crippen MR) is 147 cm³/mol. The molecule has 0 bridgehead atoms. The standard InChI is InChI=1S/C29H24N6O6/c1-4-39-28-30-24-18(15-23-16(2)40-29(37)41-23)11-14-22(27(36)38-3)25(24)35(28)19-12-9-17(10-13-19)20-7-5-6-8-21(20)26-31-33-34-32-26/h5-14H,4,15H2,1-3H3,(H,31,32,33,34). The number of rotatable bonds is 8. The second-order valence-corrected chi connectivity index (χ2v) is 9.08. The van der Waals surface area contributed by atoms with E-state index in [1.165, 1.54) is 7.11 Å². The fraction of sp³-hybridized carbons (Fsp3) is 0.172. The normalized spacial score (nSPS) is 11.2. The van der Waals surface area contributed by atoms with Gasteiger partial charge in [-0.15, -0.1) is 5.10 Å². The number of carbonyl (C=O) groups excluding carboxylic acids is 1. The van der Waals surface area contributed by atoms with E-state index >= 15 is 0 Å². The molecule has 3 aromatic heterocycles. The van der Waals surface area contributed by atoms with E-state index in [0.29, 0.717) is 57.8 Å². The molecule has 206 valence electrons. The van der Waals surface area contributed by atoms with Crippen LogP contribution in [-0.4, -0.2) is 49.9 Å². The van der Waals surface area contributed by atoms with Crippen molar-refractivity contribution in [1.82, 2.24) is 30.2 Å². The van der Waals surface area contributed by atoms with Crippen molar-refractivity contribution in [3.63, 3.8) is 0 Å². The molecule has 0 spiro atoms. The Morgan fingerprint density at radius 2 is 1.80 bits per heavy atom. The largest absolute Gasteiger partial charge is 0.519 e. The third kappa shape index (κ3) is 4.65. The molecule has 12 heteroatoms. The van der Waals surface area contributed by atoms with E-state index in [-0.39, 0.29) is 6.42 Å². The van der Waals surface area contributed by atoms with Gasteiger partial charge in [0.05, 0.1) is 36.0 Å². The van der Waals surface area contributed by atoms with Crippen LogP contribution in [0.2, 0.25) is 0 Å². The minimum Gasteiger partial charge on any atom is -0.465 e. The van der Waals surface area contributed by atoms with Gasteiger partial charge in [-0.25, -0.2) is 14.7 Å². The number of nitrogens with zero attached hydrogens (tertiary/aromatic N) is 5. The van der Waals surface area contributed by atoms with E-state index in [2.05, 4.69) is 20.6 Å². The van der Waals surface area contributed by atoms with Gasteiger partial charge in [0.25, 0.3) is 0 Å². The average molecular weight is 553 g/mol. The van der Waals surface area contributed by atoms with E-state index in [1.54, 1.807) is 23.6 Å². The van der Waals surface area contributed by atoms with E-state index in [4.69, 9.17) is 23.3 Å². The van der Waals surface area contributed by atoms with Crippen molar-refractivity contribution in [3.05, 3.63) is 93.9 Å². The van der Waals surface area contributed by atoms with Crippen LogP contribution in [0.1, 0.15) is 34.4 Å². The van der Waals surface area contributed by atoms with Crippen molar-refractivity contribution in [1.29, 1.82) is 0 Å². The summed E-state index contributed by atoms with van der Waals surface area (Å²) in [5, 5.41) is 14.3. The molecule has 0 saturated carbocycles. The van der Waals surface area contributed by atoms with Crippen LogP contribution < -0.4 is 10.6 Å². The molecular formula is C29H24N6O6. The van der Waals surface area contributed by atoms with E-state index in [0.717, 1.165) is 16.7 Å². The van der Waals surface area contributed by atoms with Crippen molar-refractivity contribution in [2.45, 2.75) is 20.3 Å².